The summed E-state index contributed by atoms with van der Waals surface area (Å²) in [6.45, 7) is 1.72. The van der Waals surface area contributed by atoms with Crippen LogP contribution in [0.3, 0.4) is 0 Å². The van der Waals surface area contributed by atoms with Crippen LogP contribution in [0.25, 0.3) is 11.5 Å². The minimum Gasteiger partial charge on any atom is -0.413 e. The summed E-state index contributed by atoms with van der Waals surface area (Å²) < 4.78 is 70.1. The van der Waals surface area contributed by atoms with E-state index in [1.165, 1.54) is 12.3 Å². The molecule has 3 unspecified atom stereocenters. The third-order valence-electron chi connectivity index (χ3n) is 7.79. The quantitative estimate of drug-likeness (QED) is 0.458. The molecule has 3 atom stereocenters. The van der Waals surface area contributed by atoms with Gasteiger partial charge in [0.25, 0.3) is 5.92 Å². The number of allylic oxidation sites excluding steroid dienone is 2. The molecular weight excluding hydrogens is 547 g/mol. The lowest BCUT2D eigenvalue weighted by molar-refractivity contribution is -0.156. The van der Waals surface area contributed by atoms with Crippen molar-refractivity contribution < 1.29 is 31.2 Å². The average molecular weight is 571 g/mol. The van der Waals surface area contributed by atoms with E-state index in [4.69, 9.17) is 16.0 Å². The first-order chi connectivity index (χ1) is 18.4. The number of carbonyl (C=O) groups is 1. The van der Waals surface area contributed by atoms with Gasteiger partial charge in [-0.1, -0.05) is 23.8 Å². The standard InChI is InChI=1S/C25H24ClF5N6O2/c1-23(27,28)13-35-8-5-17(6-9-35)37-22(38)36(19-18-10-15(26)4-7-24(18,19)37)12-16-3-2-14(11-32-16)20-33-34-21(39-20)25(29,30)31/h2-4,7,10-11,17-19H,5-6,8-9,12-13H2,1H3. The van der Waals surface area contributed by atoms with Crippen molar-refractivity contribution in [3.63, 3.8) is 0 Å². The first kappa shape index (κ1) is 26.2. The molecule has 0 bridgehead atoms. The summed E-state index contributed by atoms with van der Waals surface area (Å²) >= 11 is 6.28. The van der Waals surface area contributed by atoms with Crippen molar-refractivity contribution in [2.75, 3.05) is 19.6 Å². The molecule has 2 saturated heterocycles. The second kappa shape index (κ2) is 8.98. The number of hydrogen-bond donors (Lipinski definition) is 0. The number of urea groups is 1. The maximum atomic E-state index is 13.7. The minimum absolute atomic E-state index is 0.0100. The molecule has 8 nitrogen and oxygen atoms in total. The fraction of sp³-hybridized carbons (Fsp3) is 0.520. The number of aromatic nitrogens is 3. The lowest BCUT2D eigenvalue weighted by Gasteiger charge is -2.41. The zero-order valence-corrected chi connectivity index (χ0v) is 21.5. The van der Waals surface area contributed by atoms with Gasteiger partial charge in [0.1, 0.15) is 0 Å². The van der Waals surface area contributed by atoms with Crippen LogP contribution in [-0.2, 0) is 12.7 Å². The van der Waals surface area contributed by atoms with Gasteiger partial charge in [0.2, 0.25) is 5.89 Å². The molecule has 3 fully saturated rings. The zero-order valence-electron chi connectivity index (χ0n) is 20.7. The Labute approximate surface area is 225 Å². The van der Waals surface area contributed by atoms with E-state index in [0.717, 1.165) is 6.92 Å². The summed E-state index contributed by atoms with van der Waals surface area (Å²) in [5, 5.41) is 7.05. The lowest BCUT2D eigenvalue weighted by atomic mass is 9.98. The molecule has 6 rings (SSSR count). The third kappa shape index (κ3) is 4.58. The van der Waals surface area contributed by atoms with E-state index >= 15 is 0 Å². The molecule has 2 aliphatic carbocycles. The van der Waals surface area contributed by atoms with E-state index in [0.29, 0.717) is 36.7 Å². The number of piperidine rings is 1. The lowest BCUT2D eigenvalue weighted by Crippen LogP contribution is -2.53. The number of fused-ring (bicyclic) bond motifs is 1. The largest absolute Gasteiger partial charge is 0.470 e. The Kier molecular flexibility index (Phi) is 6.03. The molecule has 1 spiro atoms. The monoisotopic (exact) mass is 570 g/mol. The van der Waals surface area contributed by atoms with Crippen LogP contribution in [0.2, 0.25) is 0 Å². The molecule has 0 aromatic carbocycles. The second-order valence-corrected chi connectivity index (χ2v) is 11.0. The molecule has 2 aromatic heterocycles. The molecule has 39 heavy (non-hydrogen) atoms. The number of hydrogen-bond acceptors (Lipinski definition) is 6. The van der Waals surface area contributed by atoms with Crippen LogP contribution in [0.4, 0.5) is 26.7 Å². The van der Waals surface area contributed by atoms with Gasteiger partial charge in [-0.25, -0.2) is 13.6 Å². The van der Waals surface area contributed by atoms with Crippen LogP contribution in [0.15, 0.2) is 46.0 Å². The van der Waals surface area contributed by atoms with Gasteiger partial charge in [0.05, 0.1) is 35.9 Å². The van der Waals surface area contributed by atoms with E-state index in [9.17, 15) is 26.7 Å². The number of halogens is 6. The molecule has 1 saturated carbocycles. The Bertz CT molecular complexity index is 1330. The highest BCUT2D eigenvalue weighted by Crippen LogP contribution is 2.62. The van der Waals surface area contributed by atoms with Gasteiger partial charge < -0.3 is 14.2 Å². The van der Waals surface area contributed by atoms with Gasteiger partial charge in [-0.15, -0.1) is 10.2 Å². The SMILES string of the molecule is CC(F)(F)CN1CCC(N2C(=O)N(Cc3ccc(-c4nnc(C(F)(F)F)o4)cn3)C3C4C=C(Cl)C=CC432)CC1. The van der Waals surface area contributed by atoms with Crippen LogP contribution >= 0.6 is 11.6 Å². The maximum Gasteiger partial charge on any atom is 0.470 e. The number of carbonyl (C=O) groups excluding carboxylic acids is 1. The first-order valence-electron chi connectivity index (χ1n) is 12.5. The maximum absolute atomic E-state index is 13.7. The average Bonchev–Trinajstić information content (AvgIpc) is 3.14. The summed E-state index contributed by atoms with van der Waals surface area (Å²) in [5.41, 5.74) is 0.200. The smallest absolute Gasteiger partial charge is 0.413 e. The van der Waals surface area contributed by atoms with Crippen molar-refractivity contribution >= 4 is 17.6 Å². The van der Waals surface area contributed by atoms with Crippen molar-refractivity contribution in [1.29, 1.82) is 0 Å². The van der Waals surface area contributed by atoms with E-state index < -0.39 is 23.5 Å². The molecule has 2 aliphatic heterocycles. The van der Waals surface area contributed by atoms with Crippen molar-refractivity contribution in [2.45, 2.75) is 56.0 Å². The molecule has 0 N–H and O–H groups in total. The number of amides is 2. The van der Waals surface area contributed by atoms with E-state index in [1.54, 1.807) is 21.9 Å². The fourth-order valence-corrected chi connectivity index (χ4v) is 6.37. The second-order valence-electron chi connectivity index (χ2n) is 10.5. The van der Waals surface area contributed by atoms with Crippen molar-refractivity contribution in [3.05, 3.63) is 53.2 Å². The fourth-order valence-electron chi connectivity index (χ4n) is 6.17. The number of pyridine rings is 1. The molecule has 2 aromatic rings. The minimum atomic E-state index is -4.75. The number of alkyl halides is 5. The van der Waals surface area contributed by atoms with Gasteiger partial charge in [-0.2, -0.15) is 13.2 Å². The highest BCUT2D eigenvalue weighted by atomic mass is 35.5. The molecule has 208 valence electrons. The van der Waals surface area contributed by atoms with Gasteiger partial charge in [-0.3, -0.25) is 9.88 Å². The highest BCUT2D eigenvalue weighted by molar-refractivity contribution is 6.31. The van der Waals surface area contributed by atoms with E-state index in [1.807, 2.05) is 17.1 Å². The van der Waals surface area contributed by atoms with Crippen LogP contribution in [0, 0.1) is 5.92 Å². The van der Waals surface area contributed by atoms with E-state index in [2.05, 4.69) is 15.2 Å². The third-order valence-corrected chi connectivity index (χ3v) is 8.04. The first-order valence-corrected chi connectivity index (χ1v) is 12.9. The molecule has 0 radical (unpaired) electrons. The van der Waals surface area contributed by atoms with Crippen LogP contribution in [-0.4, -0.2) is 79.1 Å². The van der Waals surface area contributed by atoms with E-state index in [-0.39, 0.29) is 48.6 Å². The summed E-state index contributed by atoms with van der Waals surface area (Å²) in [7, 11) is 0. The molecule has 2 amide bonds. The molecule has 14 heteroatoms. The number of likely N-dealkylation sites (tertiary alicyclic amines) is 1. The van der Waals surface area contributed by atoms with Crippen molar-refractivity contribution in [2.24, 2.45) is 5.92 Å². The van der Waals surface area contributed by atoms with Gasteiger partial charge >= 0.3 is 18.1 Å². The topological polar surface area (TPSA) is 78.6 Å². The summed E-state index contributed by atoms with van der Waals surface area (Å²) in [6, 6.07) is 2.68. The Morgan fingerprint density at radius 2 is 1.90 bits per heavy atom. The number of rotatable bonds is 6. The summed E-state index contributed by atoms with van der Waals surface area (Å²) in [4.78, 5) is 23.4. The Morgan fingerprint density at radius 1 is 1.15 bits per heavy atom. The highest BCUT2D eigenvalue weighted by Gasteiger charge is 2.76. The molecule has 4 heterocycles. The predicted molar refractivity (Wildman–Crippen MR) is 128 cm³/mol. The Balaban J connectivity index is 1.20. The Hall–Kier alpha value is -3.06. The Morgan fingerprint density at radius 3 is 2.51 bits per heavy atom. The number of nitrogens with zero attached hydrogens (tertiary/aromatic N) is 6. The predicted octanol–water partition coefficient (Wildman–Crippen LogP) is 4.94. The van der Waals surface area contributed by atoms with Crippen LogP contribution in [0.1, 0.15) is 31.4 Å². The normalized spacial score (nSPS) is 27.6. The summed E-state index contributed by atoms with van der Waals surface area (Å²) in [6.07, 6.45) is 3.45. The molecule has 4 aliphatic rings. The summed E-state index contributed by atoms with van der Waals surface area (Å²) in [5.74, 6) is -4.54. The van der Waals surface area contributed by atoms with Crippen LogP contribution < -0.4 is 0 Å². The van der Waals surface area contributed by atoms with Gasteiger partial charge in [0, 0.05) is 43.2 Å². The zero-order chi connectivity index (χ0) is 27.7. The van der Waals surface area contributed by atoms with Crippen LogP contribution in [0.5, 0.6) is 0 Å². The van der Waals surface area contributed by atoms with Crippen molar-refractivity contribution in [3.8, 4) is 11.5 Å². The van der Waals surface area contributed by atoms with Crippen molar-refractivity contribution in [1.82, 2.24) is 29.9 Å². The van der Waals surface area contributed by atoms with Gasteiger partial charge in [0.15, 0.2) is 0 Å². The van der Waals surface area contributed by atoms with Gasteiger partial charge in [-0.05, 0) is 31.1 Å². The molecular formula is C25H24ClF5N6O2.